The van der Waals surface area contributed by atoms with Crippen LogP contribution >= 0.6 is 0 Å². The molecule has 30 heavy (non-hydrogen) atoms. The molecule has 0 atom stereocenters. The van der Waals surface area contributed by atoms with Gasteiger partial charge in [-0.05, 0) is 36.8 Å². The van der Waals surface area contributed by atoms with Crippen molar-refractivity contribution >= 4 is 22.6 Å². The summed E-state index contributed by atoms with van der Waals surface area (Å²) >= 11 is 0. The van der Waals surface area contributed by atoms with E-state index in [1.165, 1.54) is 0 Å². The summed E-state index contributed by atoms with van der Waals surface area (Å²) in [7, 11) is 0. The van der Waals surface area contributed by atoms with Crippen molar-refractivity contribution in [3.05, 3.63) is 94.3 Å². The lowest BCUT2D eigenvalue weighted by Gasteiger charge is -2.15. The van der Waals surface area contributed by atoms with Crippen molar-refractivity contribution < 1.29 is 4.79 Å². The fourth-order valence-electron chi connectivity index (χ4n) is 3.49. The maximum Gasteiger partial charge on any atom is 0.277 e. The molecule has 5 heteroatoms. The van der Waals surface area contributed by atoms with Crippen LogP contribution in [0.3, 0.4) is 0 Å². The van der Waals surface area contributed by atoms with Crippen molar-refractivity contribution in [1.29, 1.82) is 0 Å². The predicted molar refractivity (Wildman–Crippen MR) is 121 cm³/mol. The van der Waals surface area contributed by atoms with Gasteiger partial charge in [0.15, 0.2) is 0 Å². The minimum atomic E-state index is -0.185. The molecule has 5 nitrogen and oxygen atoms in total. The van der Waals surface area contributed by atoms with E-state index >= 15 is 0 Å². The molecule has 1 heterocycles. The largest absolute Gasteiger partial charge is 0.325 e. The van der Waals surface area contributed by atoms with Crippen LogP contribution in [0.5, 0.6) is 0 Å². The van der Waals surface area contributed by atoms with Gasteiger partial charge in [0, 0.05) is 12.0 Å². The summed E-state index contributed by atoms with van der Waals surface area (Å²) in [5.41, 5.74) is 4.91. The van der Waals surface area contributed by atoms with Gasteiger partial charge in [-0.25, -0.2) is 4.98 Å². The number of amides is 1. The van der Waals surface area contributed by atoms with E-state index in [4.69, 9.17) is 4.98 Å². The average molecular weight is 397 g/mol. The maximum atomic E-state index is 13.6. The third kappa shape index (κ3) is 3.87. The fraction of sp³-hybridized carbons (Fsp3) is 0.160. The van der Waals surface area contributed by atoms with E-state index in [0.29, 0.717) is 29.9 Å². The van der Waals surface area contributed by atoms with Crippen molar-refractivity contribution in [1.82, 2.24) is 9.55 Å². The molecule has 1 amide bonds. The van der Waals surface area contributed by atoms with Crippen LogP contribution in [0.2, 0.25) is 0 Å². The average Bonchev–Trinajstić information content (AvgIpc) is 2.77. The van der Waals surface area contributed by atoms with Crippen molar-refractivity contribution in [2.75, 3.05) is 5.32 Å². The molecule has 1 aromatic heterocycles. The number of nitrogens with zero attached hydrogens (tertiary/aromatic N) is 2. The van der Waals surface area contributed by atoms with Gasteiger partial charge in [0.2, 0.25) is 5.91 Å². The molecule has 150 valence electrons. The molecular formula is C25H23N3O2. The van der Waals surface area contributed by atoms with E-state index in [0.717, 1.165) is 22.2 Å². The second-order valence-corrected chi connectivity index (χ2v) is 7.28. The second kappa shape index (κ2) is 8.33. The molecule has 0 unspecified atom stereocenters. The van der Waals surface area contributed by atoms with Gasteiger partial charge in [-0.15, -0.1) is 0 Å². The van der Waals surface area contributed by atoms with Crippen LogP contribution in [-0.4, -0.2) is 15.5 Å². The first-order valence-electron chi connectivity index (χ1n) is 10.0. The lowest BCUT2D eigenvalue weighted by molar-refractivity contribution is -0.115. The number of nitrogens with one attached hydrogen (secondary N) is 1. The number of hydrogen-bond acceptors (Lipinski definition) is 3. The molecule has 3 aromatic carbocycles. The van der Waals surface area contributed by atoms with Gasteiger partial charge in [-0.1, -0.05) is 61.0 Å². The number of aryl methyl sites for hydroxylation is 1. The Balaban J connectivity index is 1.95. The van der Waals surface area contributed by atoms with Crippen molar-refractivity contribution in [3.63, 3.8) is 0 Å². The second-order valence-electron chi connectivity index (χ2n) is 7.28. The first-order valence-corrected chi connectivity index (χ1v) is 10.0. The molecule has 4 rings (SSSR count). The van der Waals surface area contributed by atoms with Gasteiger partial charge in [0.05, 0.1) is 23.3 Å². The number of aromatic nitrogens is 2. The van der Waals surface area contributed by atoms with Gasteiger partial charge in [0.1, 0.15) is 5.69 Å². The van der Waals surface area contributed by atoms with Crippen LogP contribution in [0.25, 0.3) is 22.3 Å². The van der Waals surface area contributed by atoms with Crippen LogP contribution in [0.4, 0.5) is 5.69 Å². The number of para-hydroxylation sites is 2. The number of carbonyl (C=O) groups is 1. The quantitative estimate of drug-likeness (QED) is 0.528. The Bertz CT molecular complexity index is 1280. The van der Waals surface area contributed by atoms with E-state index < -0.39 is 0 Å². The molecule has 0 aliphatic carbocycles. The number of benzene rings is 3. The molecule has 4 aromatic rings. The van der Waals surface area contributed by atoms with E-state index in [1.807, 2.05) is 79.7 Å². The molecular weight excluding hydrogens is 374 g/mol. The maximum absolute atomic E-state index is 13.6. The van der Waals surface area contributed by atoms with Crippen molar-refractivity contribution in [2.45, 2.75) is 26.8 Å². The lowest BCUT2D eigenvalue weighted by atomic mass is 10.1. The molecule has 0 aliphatic heterocycles. The summed E-state index contributed by atoms with van der Waals surface area (Å²) in [6, 6.07) is 23.2. The third-order valence-electron chi connectivity index (χ3n) is 5.06. The Hall–Kier alpha value is -3.73. The van der Waals surface area contributed by atoms with Crippen molar-refractivity contribution in [2.24, 2.45) is 0 Å². The van der Waals surface area contributed by atoms with Gasteiger partial charge >= 0.3 is 0 Å². The SMILES string of the molecule is CCC(=O)Nc1ccc(C)cc1-c1nc2ccccc2n(Cc2ccccc2)c1=O. The minimum absolute atomic E-state index is 0.106. The normalized spacial score (nSPS) is 10.9. The summed E-state index contributed by atoms with van der Waals surface area (Å²) in [5, 5.41) is 2.90. The van der Waals surface area contributed by atoms with Gasteiger partial charge in [-0.2, -0.15) is 0 Å². The molecule has 0 fully saturated rings. The zero-order chi connectivity index (χ0) is 21.1. The topological polar surface area (TPSA) is 64.0 Å². The summed E-state index contributed by atoms with van der Waals surface area (Å²) < 4.78 is 1.75. The first kappa shape index (κ1) is 19.6. The van der Waals surface area contributed by atoms with E-state index in [1.54, 1.807) is 11.5 Å². The number of fused-ring (bicyclic) bond motifs is 1. The predicted octanol–water partition coefficient (Wildman–Crippen LogP) is 4.77. The highest BCUT2D eigenvalue weighted by atomic mass is 16.1. The Morgan fingerprint density at radius 1 is 1.00 bits per heavy atom. The van der Waals surface area contributed by atoms with Gasteiger partial charge < -0.3 is 9.88 Å². The first-order chi connectivity index (χ1) is 14.6. The molecule has 0 bridgehead atoms. The van der Waals surface area contributed by atoms with Crippen LogP contribution in [0.15, 0.2) is 77.6 Å². The van der Waals surface area contributed by atoms with Crippen LogP contribution in [0, 0.1) is 6.92 Å². The Labute approximate surface area is 175 Å². The van der Waals surface area contributed by atoms with Gasteiger partial charge in [0.25, 0.3) is 5.56 Å². The summed E-state index contributed by atoms with van der Waals surface area (Å²) in [6.45, 7) is 4.20. The minimum Gasteiger partial charge on any atom is -0.325 e. The number of anilines is 1. The molecule has 0 radical (unpaired) electrons. The van der Waals surface area contributed by atoms with E-state index in [9.17, 15) is 9.59 Å². The van der Waals surface area contributed by atoms with E-state index in [-0.39, 0.29) is 11.5 Å². The highest BCUT2D eigenvalue weighted by molar-refractivity contribution is 5.95. The summed E-state index contributed by atoms with van der Waals surface area (Å²) in [5.74, 6) is -0.106. The molecule has 1 N–H and O–H groups in total. The zero-order valence-electron chi connectivity index (χ0n) is 17.1. The van der Waals surface area contributed by atoms with Crippen LogP contribution in [0.1, 0.15) is 24.5 Å². The fourth-order valence-corrected chi connectivity index (χ4v) is 3.49. The number of hydrogen-bond donors (Lipinski definition) is 1. The monoisotopic (exact) mass is 397 g/mol. The third-order valence-corrected chi connectivity index (χ3v) is 5.06. The number of carbonyl (C=O) groups excluding carboxylic acids is 1. The highest BCUT2D eigenvalue weighted by Gasteiger charge is 2.17. The molecule has 0 saturated carbocycles. The Morgan fingerprint density at radius 3 is 2.50 bits per heavy atom. The Morgan fingerprint density at radius 2 is 1.73 bits per heavy atom. The zero-order valence-corrected chi connectivity index (χ0v) is 17.1. The molecule has 0 spiro atoms. The Kier molecular flexibility index (Phi) is 5.44. The van der Waals surface area contributed by atoms with E-state index in [2.05, 4.69) is 5.32 Å². The standard InChI is InChI=1S/C25H23N3O2/c1-3-23(29)26-20-14-13-17(2)15-19(20)24-25(30)28(16-18-9-5-4-6-10-18)22-12-8-7-11-21(22)27-24/h4-15H,3,16H2,1-2H3,(H,26,29). The van der Waals surface area contributed by atoms with Gasteiger partial charge in [-0.3, -0.25) is 9.59 Å². The number of rotatable bonds is 5. The van der Waals surface area contributed by atoms with Crippen LogP contribution in [-0.2, 0) is 11.3 Å². The molecule has 0 saturated heterocycles. The van der Waals surface area contributed by atoms with Crippen LogP contribution < -0.4 is 10.9 Å². The molecule has 0 aliphatic rings. The van der Waals surface area contributed by atoms with Crippen molar-refractivity contribution in [3.8, 4) is 11.3 Å². The smallest absolute Gasteiger partial charge is 0.277 e. The summed E-state index contributed by atoms with van der Waals surface area (Å²) in [4.78, 5) is 30.3. The lowest BCUT2D eigenvalue weighted by Crippen LogP contribution is -2.25. The highest BCUT2D eigenvalue weighted by Crippen LogP contribution is 2.27. The summed E-state index contributed by atoms with van der Waals surface area (Å²) in [6.07, 6.45) is 0.358.